The molecule has 144 valence electrons. The molecule has 0 radical (unpaired) electrons. The molecule has 1 N–H and O–H groups in total. The zero-order chi connectivity index (χ0) is 19.6. The average Bonchev–Trinajstić information content (AvgIpc) is 2.32. The Balaban J connectivity index is 5.83. The highest BCUT2D eigenvalue weighted by Crippen LogP contribution is 2.38. The standard InChI is InChI=1S/C9H13F6NO6S2/c1-3-16-7(17)22-5(2)4-6(23(18,19)8(10,11)12)24(20,21)9(13,14)15/h5-6H,3-4H2,1-2H3,(H,16,17). The van der Waals surface area contributed by atoms with Crippen LogP contribution >= 0.6 is 0 Å². The highest BCUT2D eigenvalue weighted by Gasteiger charge is 2.63. The Morgan fingerprint density at radius 3 is 1.67 bits per heavy atom. The third-order valence-corrected chi connectivity index (χ3v) is 7.07. The number of rotatable bonds is 6. The fraction of sp³-hybridized carbons (Fsp3) is 0.889. The monoisotopic (exact) mass is 409 g/mol. The first kappa shape index (κ1) is 22.8. The summed E-state index contributed by atoms with van der Waals surface area (Å²) in [4.78, 5) is 11.1. The molecule has 1 amide bonds. The van der Waals surface area contributed by atoms with Gasteiger partial charge in [0.25, 0.3) is 19.7 Å². The van der Waals surface area contributed by atoms with Gasteiger partial charge in [0, 0.05) is 13.0 Å². The predicted octanol–water partition coefficient (Wildman–Crippen LogP) is 1.71. The van der Waals surface area contributed by atoms with E-state index in [1.54, 1.807) is 0 Å². The lowest BCUT2D eigenvalue weighted by atomic mass is 10.3. The molecule has 0 rings (SSSR count). The van der Waals surface area contributed by atoms with Gasteiger partial charge in [-0.2, -0.15) is 26.3 Å². The molecular weight excluding hydrogens is 396 g/mol. The van der Waals surface area contributed by atoms with E-state index in [1.807, 2.05) is 5.32 Å². The van der Waals surface area contributed by atoms with Crippen LogP contribution in [0.25, 0.3) is 0 Å². The molecule has 0 spiro atoms. The van der Waals surface area contributed by atoms with Crippen LogP contribution < -0.4 is 5.32 Å². The SMILES string of the molecule is CCNC(=O)OC(C)CC(S(=O)(=O)C(F)(F)F)S(=O)(=O)C(F)(F)F. The molecule has 0 aromatic heterocycles. The third-order valence-electron chi connectivity index (χ3n) is 2.49. The Hall–Kier alpha value is -1.25. The molecule has 0 aromatic rings. The molecule has 0 aliphatic heterocycles. The lowest BCUT2D eigenvalue weighted by Crippen LogP contribution is -2.46. The molecule has 0 aromatic carbocycles. The van der Waals surface area contributed by atoms with E-state index in [0.717, 1.165) is 6.92 Å². The van der Waals surface area contributed by atoms with Gasteiger partial charge < -0.3 is 10.1 Å². The summed E-state index contributed by atoms with van der Waals surface area (Å²) in [5, 5.41) is 1.98. The Bertz CT molecular complexity index is 609. The number of amides is 1. The summed E-state index contributed by atoms with van der Waals surface area (Å²) in [5.41, 5.74) is -12.5. The van der Waals surface area contributed by atoms with E-state index < -0.39 is 53.9 Å². The van der Waals surface area contributed by atoms with Crippen LogP contribution in [-0.2, 0) is 24.4 Å². The number of hydrogen-bond acceptors (Lipinski definition) is 6. The predicted molar refractivity (Wildman–Crippen MR) is 68.0 cm³/mol. The van der Waals surface area contributed by atoms with Crippen molar-refractivity contribution in [3.05, 3.63) is 0 Å². The van der Waals surface area contributed by atoms with Gasteiger partial charge in [-0.15, -0.1) is 0 Å². The first-order valence-electron chi connectivity index (χ1n) is 6.03. The second kappa shape index (κ2) is 7.33. The normalized spacial score (nSPS) is 15.2. The number of hydrogen-bond donors (Lipinski definition) is 1. The summed E-state index contributed by atoms with van der Waals surface area (Å²) in [7, 11) is -13.5. The van der Waals surface area contributed by atoms with Crippen molar-refractivity contribution < 1.29 is 52.7 Å². The maximum absolute atomic E-state index is 12.5. The molecule has 0 bridgehead atoms. The fourth-order valence-electron chi connectivity index (χ4n) is 1.41. The van der Waals surface area contributed by atoms with E-state index >= 15 is 0 Å². The minimum absolute atomic E-state index is 0.00329. The van der Waals surface area contributed by atoms with E-state index in [-0.39, 0.29) is 6.54 Å². The summed E-state index contributed by atoms with van der Waals surface area (Å²) in [6.07, 6.45) is -4.88. The van der Waals surface area contributed by atoms with Gasteiger partial charge in [-0.3, -0.25) is 0 Å². The van der Waals surface area contributed by atoms with Crippen LogP contribution in [0.1, 0.15) is 20.3 Å². The highest BCUT2D eigenvalue weighted by atomic mass is 32.3. The van der Waals surface area contributed by atoms with Crippen LogP contribution in [0, 0.1) is 0 Å². The number of carbonyl (C=O) groups excluding carboxylic acids is 1. The topological polar surface area (TPSA) is 107 Å². The molecule has 7 nitrogen and oxygen atoms in total. The number of alkyl carbamates (subject to hydrolysis) is 1. The Morgan fingerprint density at radius 2 is 1.38 bits per heavy atom. The summed E-state index contributed by atoms with van der Waals surface area (Å²) in [6, 6.07) is 0. The van der Waals surface area contributed by atoms with Crippen LogP contribution in [-0.4, -0.2) is 51.2 Å². The number of ether oxygens (including phenoxy) is 1. The maximum Gasteiger partial charge on any atom is 0.498 e. The lowest BCUT2D eigenvalue weighted by Gasteiger charge is -2.23. The van der Waals surface area contributed by atoms with Crippen molar-refractivity contribution in [1.82, 2.24) is 5.32 Å². The van der Waals surface area contributed by atoms with Crippen molar-refractivity contribution in [2.45, 2.75) is 42.0 Å². The van der Waals surface area contributed by atoms with Crippen LogP contribution in [0.2, 0.25) is 0 Å². The van der Waals surface area contributed by atoms with Gasteiger partial charge in [0.1, 0.15) is 6.10 Å². The fourth-order valence-corrected chi connectivity index (χ4v) is 5.04. The number of alkyl halides is 6. The first-order chi connectivity index (χ1) is 10.5. The van der Waals surface area contributed by atoms with Crippen molar-refractivity contribution in [2.24, 2.45) is 0 Å². The minimum Gasteiger partial charge on any atom is -0.446 e. The van der Waals surface area contributed by atoms with E-state index in [4.69, 9.17) is 0 Å². The number of sulfone groups is 2. The van der Waals surface area contributed by atoms with E-state index in [9.17, 15) is 48.0 Å². The molecule has 1 atom stereocenters. The third kappa shape index (κ3) is 5.12. The number of carbonyl (C=O) groups is 1. The molecule has 0 aliphatic rings. The summed E-state index contributed by atoms with van der Waals surface area (Å²) < 4.78 is 120. The summed E-state index contributed by atoms with van der Waals surface area (Å²) >= 11 is 0. The average molecular weight is 409 g/mol. The molecule has 0 fully saturated rings. The van der Waals surface area contributed by atoms with Gasteiger partial charge in [-0.05, 0) is 13.8 Å². The van der Waals surface area contributed by atoms with E-state index in [1.165, 1.54) is 6.92 Å². The van der Waals surface area contributed by atoms with Gasteiger partial charge >= 0.3 is 17.1 Å². The van der Waals surface area contributed by atoms with Crippen LogP contribution in [0.5, 0.6) is 0 Å². The molecule has 0 saturated carbocycles. The highest BCUT2D eigenvalue weighted by molar-refractivity contribution is 8.09. The van der Waals surface area contributed by atoms with Crippen molar-refractivity contribution in [1.29, 1.82) is 0 Å². The van der Waals surface area contributed by atoms with Crippen LogP contribution in [0.15, 0.2) is 0 Å². The van der Waals surface area contributed by atoms with Gasteiger partial charge in [0.15, 0.2) is 4.58 Å². The van der Waals surface area contributed by atoms with Crippen LogP contribution in [0.3, 0.4) is 0 Å². The molecule has 24 heavy (non-hydrogen) atoms. The van der Waals surface area contributed by atoms with Crippen molar-refractivity contribution in [3.8, 4) is 0 Å². The quantitative estimate of drug-likeness (QED) is 0.670. The molecule has 1 unspecified atom stereocenters. The van der Waals surface area contributed by atoms with Crippen molar-refractivity contribution in [3.63, 3.8) is 0 Å². The Kier molecular flexibility index (Phi) is 6.95. The maximum atomic E-state index is 12.5. The summed E-state index contributed by atoms with van der Waals surface area (Å²) in [6.45, 7) is 2.16. The van der Waals surface area contributed by atoms with E-state index in [0.29, 0.717) is 0 Å². The zero-order valence-corrected chi connectivity index (χ0v) is 13.7. The van der Waals surface area contributed by atoms with Gasteiger partial charge in [-0.25, -0.2) is 21.6 Å². The molecular formula is C9H13F6NO6S2. The Morgan fingerprint density at radius 1 is 1.00 bits per heavy atom. The summed E-state index contributed by atoms with van der Waals surface area (Å²) in [5.74, 6) is 0. The molecule has 0 heterocycles. The second-order valence-corrected chi connectivity index (χ2v) is 8.94. The van der Waals surface area contributed by atoms with Gasteiger partial charge in [0.2, 0.25) is 0 Å². The van der Waals surface area contributed by atoms with Crippen molar-refractivity contribution in [2.75, 3.05) is 6.54 Å². The first-order valence-corrected chi connectivity index (χ1v) is 9.12. The Labute approximate surface area is 133 Å². The van der Waals surface area contributed by atoms with Gasteiger partial charge in [-0.1, -0.05) is 0 Å². The smallest absolute Gasteiger partial charge is 0.446 e. The van der Waals surface area contributed by atoms with Gasteiger partial charge in [0.05, 0.1) is 0 Å². The van der Waals surface area contributed by atoms with E-state index in [2.05, 4.69) is 4.74 Å². The number of halogens is 6. The zero-order valence-electron chi connectivity index (χ0n) is 12.1. The molecule has 0 aliphatic carbocycles. The minimum atomic E-state index is -6.74. The number of nitrogens with one attached hydrogen (secondary N) is 1. The van der Waals surface area contributed by atoms with Crippen molar-refractivity contribution >= 4 is 25.8 Å². The second-order valence-electron chi connectivity index (χ2n) is 4.39. The largest absolute Gasteiger partial charge is 0.498 e. The molecule has 0 saturated heterocycles. The van der Waals surface area contributed by atoms with Crippen LogP contribution in [0.4, 0.5) is 31.1 Å². The lowest BCUT2D eigenvalue weighted by molar-refractivity contribution is -0.0476. The molecule has 15 heteroatoms.